The van der Waals surface area contributed by atoms with Crippen LogP contribution in [-0.4, -0.2) is 70.9 Å². The summed E-state index contributed by atoms with van der Waals surface area (Å²) in [6.07, 6.45) is 0.858. The molecular formula is C22H26FN5O6S. The van der Waals surface area contributed by atoms with Crippen molar-refractivity contribution in [3.8, 4) is 17.2 Å². The molecule has 0 radical (unpaired) electrons. The number of rotatable bonds is 9. The molecule has 2 aromatic heterocycles. The van der Waals surface area contributed by atoms with Crippen LogP contribution in [0.15, 0.2) is 30.6 Å². The quantitative estimate of drug-likeness (QED) is 0.456. The lowest BCUT2D eigenvalue weighted by atomic mass is 10.1. The fraction of sp³-hybridized carbons (Fsp3) is 0.455. The predicted octanol–water partition coefficient (Wildman–Crippen LogP) is 1.75. The monoisotopic (exact) mass is 507 g/mol. The largest absolute Gasteiger partial charge is 0.494 e. The maximum Gasteiger partial charge on any atom is 0.163 e. The second-order valence-electron chi connectivity index (χ2n) is 8.10. The van der Waals surface area contributed by atoms with Gasteiger partial charge >= 0.3 is 0 Å². The van der Waals surface area contributed by atoms with Gasteiger partial charge in [-0.05, 0) is 25.5 Å². The van der Waals surface area contributed by atoms with Crippen molar-refractivity contribution in [2.75, 3.05) is 27.4 Å². The molecule has 35 heavy (non-hydrogen) atoms. The Hall–Kier alpha value is -3.16. The standard InChI is InChI=1S/C22H26FN5O6S/c1-13(20(29)21-24-9-15(23)10-25-21)35(30,31)12-18-26-27-22(14-7-8-34-11-14)28(18)19-16(32-2)5-4-6-17(19)33-3/h4-6,9-10,13-14,20,29H,7-8,11-12H2,1-3H3/t13-,14+,20-/m0/s1. The molecule has 1 aliphatic rings. The minimum absolute atomic E-state index is 0.107. The molecule has 13 heteroatoms. The molecule has 0 aliphatic carbocycles. The first-order chi connectivity index (χ1) is 16.8. The van der Waals surface area contributed by atoms with Crippen LogP contribution in [0.5, 0.6) is 11.5 Å². The van der Waals surface area contributed by atoms with Crippen LogP contribution in [-0.2, 0) is 20.3 Å². The van der Waals surface area contributed by atoms with Crippen LogP contribution < -0.4 is 9.47 Å². The molecule has 3 heterocycles. The number of aliphatic hydroxyl groups is 1. The van der Waals surface area contributed by atoms with Crippen molar-refractivity contribution in [1.82, 2.24) is 24.7 Å². The highest BCUT2D eigenvalue weighted by Gasteiger charge is 2.35. The SMILES string of the molecule is COc1cccc(OC)c1-n1c(CS(=O)(=O)[C@@H](C)[C@H](O)c2ncc(F)cn2)nnc1[C@@H]1CCOC1. The van der Waals surface area contributed by atoms with Gasteiger partial charge in [-0.15, -0.1) is 10.2 Å². The van der Waals surface area contributed by atoms with Gasteiger partial charge in [0.1, 0.15) is 34.9 Å². The Kier molecular flexibility index (Phi) is 7.28. The zero-order valence-corrected chi connectivity index (χ0v) is 20.3. The molecule has 0 unspecified atom stereocenters. The van der Waals surface area contributed by atoms with E-state index in [1.54, 1.807) is 22.8 Å². The molecule has 188 valence electrons. The van der Waals surface area contributed by atoms with Gasteiger partial charge in [0.25, 0.3) is 0 Å². The Labute approximate surface area is 201 Å². The number of para-hydroxylation sites is 1. The summed E-state index contributed by atoms with van der Waals surface area (Å²) in [5, 5.41) is 17.8. The molecule has 1 aliphatic heterocycles. The zero-order chi connectivity index (χ0) is 25.2. The predicted molar refractivity (Wildman–Crippen MR) is 122 cm³/mol. The van der Waals surface area contributed by atoms with Crippen molar-refractivity contribution in [3.63, 3.8) is 0 Å². The van der Waals surface area contributed by atoms with Crippen LogP contribution in [0.25, 0.3) is 5.69 Å². The van der Waals surface area contributed by atoms with Crippen LogP contribution in [0.3, 0.4) is 0 Å². The van der Waals surface area contributed by atoms with E-state index in [0.29, 0.717) is 42.6 Å². The van der Waals surface area contributed by atoms with E-state index in [9.17, 15) is 17.9 Å². The fourth-order valence-corrected chi connectivity index (χ4v) is 5.24. The summed E-state index contributed by atoms with van der Waals surface area (Å²) in [4.78, 5) is 7.41. The topological polar surface area (TPSA) is 139 Å². The average molecular weight is 508 g/mol. The highest BCUT2D eigenvalue weighted by atomic mass is 32.2. The molecule has 3 aromatic rings. The van der Waals surface area contributed by atoms with E-state index in [1.807, 2.05) is 0 Å². The Morgan fingerprint density at radius 1 is 1.20 bits per heavy atom. The zero-order valence-electron chi connectivity index (χ0n) is 19.5. The van der Waals surface area contributed by atoms with Crippen molar-refractivity contribution in [1.29, 1.82) is 0 Å². The van der Waals surface area contributed by atoms with Gasteiger partial charge in [-0.25, -0.2) is 22.8 Å². The molecule has 1 saturated heterocycles. The molecule has 0 bridgehead atoms. The molecule has 0 spiro atoms. The highest BCUT2D eigenvalue weighted by molar-refractivity contribution is 7.91. The van der Waals surface area contributed by atoms with Crippen LogP contribution in [0.1, 0.15) is 42.8 Å². The Morgan fingerprint density at radius 2 is 1.86 bits per heavy atom. The number of aromatic nitrogens is 5. The van der Waals surface area contributed by atoms with E-state index in [4.69, 9.17) is 14.2 Å². The first kappa shape index (κ1) is 24.9. The lowest BCUT2D eigenvalue weighted by Crippen LogP contribution is -2.29. The normalized spacial score (nSPS) is 17.8. The number of hydrogen-bond acceptors (Lipinski definition) is 10. The minimum Gasteiger partial charge on any atom is -0.494 e. The van der Waals surface area contributed by atoms with E-state index in [2.05, 4.69) is 20.2 Å². The lowest BCUT2D eigenvalue weighted by molar-refractivity contribution is 0.165. The Bertz CT molecular complexity index is 1260. The number of ether oxygens (including phenoxy) is 3. The summed E-state index contributed by atoms with van der Waals surface area (Å²) >= 11 is 0. The first-order valence-electron chi connectivity index (χ1n) is 10.9. The summed E-state index contributed by atoms with van der Waals surface area (Å²) in [5.41, 5.74) is 0.463. The van der Waals surface area contributed by atoms with Crippen molar-refractivity contribution in [3.05, 3.63) is 53.9 Å². The number of aliphatic hydroxyl groups excluding tert-OH is 1. The van der Waals surface area contributed by atoms with E-state index in [-0.39, 0.29) is 17.6 Å². The van der Waals surface area contributed by atoms with Crippen molar-refractivity contribution >= 4 is 9.84 Å². The van der Waals surface area contributed by atoms with E-state index < -0.39 is 32.8 Å². The smallest absolute Gasteiger partial charge is 0.163 e. The van der Waals surface area contributed by atoms with E-state index in [0.717, 1.165) is 12.4 Å². The average Bonchev–Trinajstić information content (AvgIpc) is 3.52. The summed E-state index contributed by atoms with van der Waals surface area (Å²) in [6, 6.07) is 5.20. The third kappa shape index (κ3) is 4.97. The Balaban J connectivity index is 1.76. The molecule has 0 amide bonds. The third-order valence-corrected chi connectivity index (χ3v) is 7.97. The first-order valence-corrected chi connectivity index (χ1v) is 12.6. The van der Waals surface area contributed by atoms with Gasteiger partial charge in [0, 0.05) is 12.5 Å². The second-order valence-corrected chi connectivity index (χ2v) is 10.5. The van der Waals surface area contributed by atoms with Gasteiger partial charge in [0.05, 0.1) is 38.5 Å². The van der Waals surface area contributed by atoms with Gasteiger partial charge in [-0.1, -0.05) is 6.07 Å². The van der Waals surface area contributed by atoms with Crippen LogP contribution >= 0.6 is 0 Å². The van der Waals surface area contributed by atoms with Gasteiger partial charge in [0.2, 0.25) is 0 Å². The van der Waals surface area contributed by atoms with Crippen molar-refractivity contribution in [2.45, 2.75) is 36.4 Å². The second kappa shape index (κ2) is 10.2. The fourth-order valence-electron chi connectivity index (χ4n) is 3.91. The van der Waals surface area contributed by atoms with Crippen molar-refractivity contribution < 1.29 is 32.1 Å². The highest BCUT2D eigenvalue weighted by Crippen LogP contribution is 2.37. The number of hydrogen-bond donors (Lipinski definition) is 1. The van der Waals surface area contributed by atoms with Crippen molar-refractivity contribution in [2.24, 2.45) is 0 Å². The maximum atomic E-state index is 13.3. The summed E-state index contributed by atoms with van der Waals surface area (Å²) < 4.78 is 58.1. The molecule has 4 rings (SSSR count). The summed E-state index contributed by atoms with van der Waals surface area (Å²) in [5.74, 6) is -0.0262. The molecule has 0 saturated carbocycles. The summed E-state index contributed by atoms with van der Waals surface area (Å²) in [7, 11) is -1.01. The van der Waals surface area contributed by atoms with Gasteiger partial charge < -0.3 is 19.3 Å². The number of methoxy groups -OCH3 is 2. The molecule has 1 fully saturated rings. The number of nitrogens with zero attached hydrogens (tertiary/aromatic N) is 5. The van der Waals surface area contributed by atoms with E-state index in [1.165, 1.54) is 21.1 Å². The summed E-state index contributed by atoms with van der Waals surface area (Å²) in [6.45, 7) is 2.30. The number of halogens is 1. The number of sulfone groups is 1. The maximum absolute atomic E-state index is 13.3. The van der Waals surface area contributed by atoms with Crippen LogP contribution in [0.2, 0.25) is 0 Å². The van der Waals surface area contributed by atoms with Crippen LogP contribution in [0.4, 0.5) is 4.39 Å². The van der Waals surface area contributed by atoms with Gasteiger partial charge in [0.15, 0.2) is 27.3 Å². The minimum atomic E-state index is -4.01. The molecule has 1 N–H and O–H groups in total. The Morgan fingerprint density at radius 3 is 2.43 bits per heavy atom. The lowest BCUT2D eigenvalue weighted by Gasteiger charge is -2.20. The number of benzene rings is 1. The molecule has 3 atom stereocenters. The van der Waals surface area contributed by atoms with Gasteiger partial charge in [-0.2, -0.15) is 0 Å². The molecule has 1 aromatic carbocycles. The van der Waals surface area contributed by atoms with Gasteiger partial charge in [-0.3, -0.25) is 4.57 Å². The molecular weight excluding hydrogens is 481 g/mol. The molecule has 11 nitrogen and oxygen atoms in total. The third-order valence-electron chi connectivity index (χ3n) is 5.92. The van der Waals surface area contributed by atoms with Crippen LogP contribution in [0, 0.1) is 5.82 Å². The van der Waals surface area contributed by atoms with E-state index >= 15 is 0 Å².